The lowest BCUT2D eigenvalue weighted by Crippen LogP contribution is -2.42. The van der Waals surface area contributed by atoms with Crippen LogP contribution in [-0.4, -0.2) is 90.4 Å². The fourth-order valence-corrected chi connectivity index (χ4v) is 8.17. The number of thioether (sulfide) groups is 4. The maximum atomic E-state index is 11.7. The average Bonchev–Trinajstić information content (AvgIpc) is 2.78. The van der Waals surface area contributed by atoms with Crippen molar-refractivity contribution in [2.75, 3.05) is 69.0 Å². The van der Waals surface area contributed by atoms with E-state index in [-0.39, 0.29) is 0 Å². The summed E-state index contributed by atoms with van der Waals surface area (Å²) in [5.41, 5.74) is -1.57. The molecule has 0 amide bonds. The smallest absolute Gasteiger partial charge is 0.0675 e. The maximum Gasteiger partial charge on any atom is 0.0675 e. The van der Waals surface area contributed by atoms with Gasteiger partial charge < -0.3 is 10.2 Å². The van der Waals surface area contributed by atoms with Crippen molar-refractivity contribution in [3.8, 4) is 0 Å². The number of aliphatic hydroxyl groups is 2. The Kier molecular flexibility index (Phi) is 27.1. The van der Waals surface area contributed by atoms with E-state index >= 15 is 0 Å². The second kappa shape index (κ2) is 25.0. The molecule has 0 aliphatic rings. The molecule has 0 spiro atoms. The van der Waals surface area contributed by atoms with Crippen LogP contribution in [0.3, 0.4) is 0 Å². The second-order valence-electron chi connectivity index (χ2n) is 8.38. The van der Waals surface area contributed by atoms with E-state index in [4.69, 9.17) is 0 Å². The topological polar surface area (TPSA) is 40.5 Å². The predicted molar refractivity (Wildman–Crippen MR) is 176 cm³/mol. The van der Waals surface area contributed by atoms with Gasteiger partial charge in [-0.05, 0) is 97.4 Å². The van der Waals surface area contributed by atoms with Gasteiger partial charge >= 0.3 is 0 Å². The zero-order chi connectivity index (χ0) is 24.7. The van der Waals surface area contributed by atoms with Gasteiger partial charge in [-0.15, -0.1) is 0 Å². The van der Waals surface area contributed by atoms with Crippen LogP contribution in [0.4, 0.5) is 0 Å². The normalized spacial score (nSPS) is 12.5. The van der Waals surface area contributed by atoms with Gasteiger partial charge in [-0.1, -0.05) is 0 Å². The minimum atomic E-state index is -0.783. The fourth-order valence-electron chi connectivity index (χ4n) is 3.90. The largest absolute Gasteiger partial charge is 0.390 e. The molecule has 0 saturated heterocycles. The molecule has 200 valence electrons. The van der Waals surface area contributed by atoms with Crippen molar-refractivity contribution in [2.24, 2.45) is 0 Å². The van der Waals surface area contributed by atoms with Gasteiger partial charge in [-0.2, -0.15) is 97.6 Å². The van der Waals surface area contributed by atoms with Crippen molar-refractivity contribution in [1.29, 1.82) is 0 Å². The first kappa shape index (κ1) is 35.7. The molecule has 2 nitrogen and oxygen atoms in total. The van der Waals surface area contributed by atoms with E-state index < -0.39 is 11.2 Å². The van der Waals surface area contributed by atoms with Crippen LogP contribution in [0.1, 0.15) is 57.8 Å². The van der Waals surface area contributed by atoms with Gasteiger partial charge in [0.1, 0.15) is 0 Å². The Hall–Kier alpha value is 2.72. The number of rotatable bonds is 26. The first-order valence-corrected chi connectivity index (χ1v) is 19.3. The molecule has 0 aliphatic carbocycles. The summed E-state index contributed by atoms with van der Waals surface area (Å²) < 4.78 is 0. The van der Waals surface area contributed by atoms with E-state index in [0.717, 1.165) is 120 Å². The Bertz CT molecular complexity index is 354. The van der Waals surface area contributed by atoms with E-state index in [1.807, 2.05) is 47.0 Å². The SMILES string of the molecule is OC(CCCSCCS)(CCCSCCS)CC(O)(CCCSCCS)CCCSCCS. The molecule has 0 aliphatic heterocycles. The summed E-state index contributed by atoms with van der Waals surface area (Å²) >= 11 is 24.8. The van der Waals surface area contributed by atoms with Crippen LogP contribution in [0, 0.1) is 0 Å². The van der Waals surface area contributed by atoms with Crippen LogP contribution in [0.2, 0.25) is 0 Å². The summed E-state index contributed by atoms with van der Waals surface area (Å²) in [6, 6.07) is 0. The van der Waals surface area contributed by atoms with Gasteiger partial charge in [0, 0.05) is 29.4 Å². The molecule has 0 atom stereocenters. The minimum absolute atomic E-state index is 0.503. The summed E-state index contributed by atoms with van der Waals surface area (Å²) in [5.74, 6) is 12.0. The lowest BCUT2D eigenvalue weighted by atomic mass is 9.77. The van der Waals surface area contributed by atoms with Gasteiger partial charge in [0.15, 0.2) is 0 Å². The molecule has 0 unspecified atom stereocenters. The molecule has 0 fully saturated rings. The average molecular weight is 613 g/mol. The molecule has 0 aromatic heterocycles. The number of thiol groups is 4. The molecule has 2 N–H and O–H groups in total. The molecule has 33 heavy (non-hydrogen) atoms. The highest BCUT2D eigenvalue weighted by Crippen LogP contribution is 2.36. The summed E-state index contributed by atoms with van der Waals surface area (Å²) in [7, 11) is 0. The first-order chi connectivity index (χ1) is 15.9. The van der Waals surface area contributed by atoms with Crippen molar-refractivity contribution in [3.05, 3.63) is 0 Å². The Balaban J connectivity index is 5.00. The van der Waals surface area contributed by atoms with Crippen LogP contribution < -0.4 is 0 Å². The molecular formula is C23H48O2S8. The molecule has 0 bridgehead atoms. The molecule has 0 rings (SSSR count). The first-order valence-electron chi connectivity index (χ1n) is 12.1. The van der Waals surface area contributed by atoms with E-state index in [2.05, 4.69) is 50.5 Å². The van der Waals surface area contributed by atoms with Crippen LogP contribution in [0.5, 0.6) is 0 Å². The minimum Gasteiger partial charge on any atom is -0.390 e. The van der Waals surface area contributed by atoms with Gasteiger partial charge in [0.2, 0.25) is 0 Å². The van der Waals surface area contributed by atoms with Gasteiger partial charge in [-0.3, -0.25) is 0 Å². The van der Waals surface area contributed by atoms with E-state index in [1.165, 1.54) is 0 Å². The highest BCUT2D eigenvalue weighted by Gasteiger charge is 2.37. The predicted octanol–water partition coefficient (Wildman–Crippen LogP) is 6.61. The Morgan fingerprint density at radius 1 is 0.424 bits per heavy atom. The van der Waals surface area contributed by atoms with E-state index in [1.54, 1.807) is 0 Å². The van der Waals surface area contributed by atoms with Crippen molar-refractivity contribution in [2.45, 2.75) is 69.0 Å². The molecular weight excluding hydrogens is 565 g/mol. The van der Waals surface area contributed by atoms with Crippen LogP contribution >= 0.6 is 97.6 Å². The molecule has 10 heteroatoms. The third kappa shape index (κ3) is 22.4. The number of hydrogen-bond acceptors (Lipinski definition) is 10. The lowest BCUT2D eigenvalue weighted by molar-refractivity contribution is -0.0809. The third-order valence-corrected chi connectivity index (χ3v) is 11.7. The van der Waals surface area contributed by atoms with Crippen LogP contribution in [0.25, 0.3) is 0 Å². The Labute approximate surface area is 243 Å². The van der Waals surface area contributed by atoms with E-state index in [9.17, 15) is 10.2 Å². The van der Waals surface area contributed by atoms with Crippen molar-refractivity contribution in [1.82, 2.24) is 0 Å². The van der Waals surface area contributed by atoms with E-state index in [0.29, 0.717) is 6.42 Å². The van der Waals surface area contributed by atoms with Crippen LogP contribution in [0.15, 0.2) is 0 Å². The Morgan fingerprint density at radius 2 is 0.667 bits per heavy atom. The molecule has 0 heterocycles. The Morgan fingerprint density at radius 3 is 0.879 bits per heavy atom. The monoisotopic (exact) mass is 612 g/mol. The molecule has 0 saturated carbocycles. The summed E-state index contributed by atoms with van der Waals surface area (Å²) in [6.45, 7) is 0. The van der Waals surface area contributed by atoms with Gasteiger partial charge in [0.25, 0.3) is 0 Å². The van der Waals surface area contributed by atoms with Gasteiger partial charge in [-0.25, -0.2) is 0 Å². The van der Waals surface area contributed by atoms with Crippen molar-refractivity contribution in [3.63, 3.8) is 0 Å². The summed E-state index contributed by atoms with van der Waals surface area (Å²) in [5, 5.41) is 23.4. The number of hydrogen-bond donors (Lipinski definition) is 6. The molecule has 0 aromatic carbocycles. The fraction of sp³-hybridized carbons (Fsp3) is 1.00. The quantitative estimate of drug-likeness (QED) is 0.0488. The summed E-state index contributed by atoms with van der Waals surface area (Å²) in [4.78, 5) is 0. The molecule has 0 aromatic rings. The van der Waals surface area contributed by atoms with Gasteiger partial charge in [0.05, 0.1) is 11.2 Å². The standard InChI is InChI=1S/C23H48O2S8/c24-22(5-1-13-30-17-9-26,6-2-14-31-18-10-27)21-23(25,7-3-15-32-19-11-28)8-4-16-33-20-12-29/h24-29H,1-21H2. The van der Waals surface area contributed by atoms with Crippen molar-refractivity contribution < 1.29 is 10.2 Å². The van der Waals surface area contributed by atoms with Crippen molar-refractivity contribution >= 4 is 97.6 Å². The highest BCUT2D eigenvalue weighted by atomic mass is 32.2. The van der Waals surface area contributed by atoms with Crippen LogP contribution in [-0.2, 0) is 0 Å². The lowest BCUT2D eigenvalue weighted by Gasteiger charge is -2.38. The maximum absolute atomic E-state index is 11.7. The summed E-state index contributed by atoms with van der Waals surface area (Å²) in [6.07, 6.45) is 7.56. The highest BCUT2D eigenvalue weighted by molar-refractivity contribution is 8.00. The zero-order valence-electron chi connectivity index (χ0n) is 20.2. The molecule has 0 radical (unpaired) electrons. The third-order valence-electron chi connectivity index (χ3n) is 5.32. The zero-order valence-corrected chi connectivity index (χ0v) is 27.0. The second-order valence-corrected chi connectivity index (χ2v) is 15.1.